The molecule has 1 amide bonds. The van der Waals surface area contributed by atoms with Gasteiger partial charge in [0.15, 0.2) is 0 Å². The number of carbonyl (C=O) groups excluding carboxylic acids is 1. The normalized spacial score (nSPS) is 10.5. The minimum atomic E-state index is -0.412. The van der Waals surface area contributed by atoms with Gasteiger partial charge in [0.1, 0.15) is 11.3 Å². The zero-order chi connectivity index (χ0) is 16.1. The molecular weight excluding hydrogens is 280 g/mol. The number of carbonyl (C=O) groups is 1. The lowest BCUT2D eigenvalue weighted by Gasteiger charge is -2.10. The first-order valence-electron chi connectivity index (χ1n) is 7.18. The Kier molecular flexibility index (Phi) is 4.99. The van der Waals surface area contributed by atoms with Gasteiger partial charge in [0, 0.05) is 12.1 Å². The van der Waals surface area contributed by atoms with Gasteiger partial charge < -0.3 is 15.0 Å². The maximum Gasteiger partial charge on any atom is 0.261 e. The fourth-order valence-corrected chi connectivity index (χ4v) is 2.07. The van der Waals surface area contributed by atoms with Crippen LogP contribution in [0.5, 0.6) is 5.75 Å². The smallest absolute Gasteiger partial charge is 0.261 e. The van der Waals surface area contributed by atoms with Crippen LogP contribution in [0.1, 0.15) is 24.2 Å². The first-order valence-corrected chi connectivity index (χ1v) is 7.18. The predicted octanol–water partition coefficient (Wildman–Crippen LogP) is 2.44. The molecule has 2 N–H and O–H groups in total. The van der Waals surface area contributed by atoms with Gasteiger partial charge in [0.25, 0.3) is 11.5 Å². The summed E-state index contributed by atoms with van der Waals surface area (Å²) >= 11 is 0. The third-order valence-electron chi connectivity index (χ3n) is 3.22. The Labute approximate surface area is 129 Å². The second-order valence-electron chi connectivity index (χ2n) is 5.42. The highest BCUT2D eigenvalue weighted by Crippen LogP contribution is 2.27. The van der Waals surface area contributed by atoms with Crippen molar-refractivity contribution < 1.29 is 9.53 Å². The number of rotatable bonds is 5. The van der Waals surface area contributed by atoms with Gasteiger partial charge in [-0.1, -0.05) is 26.0 Å². The van der Waals surface area contributed by atoms with Crippen molar-refractivity contribution in [3.63, 3.8) is 0 Å². The monoisotopic (exact) mass is 300 g/mol. The molecule has 0 saturated heterocycles. The van der Waals surface area contributed by atoms with Gasteiger partial charge in [-0.2, -0.15) is 0 Å². The number of amides is 1. The number of benzene rings is 1. The molecule has 0 spiro atoms. The summed E-state index contributed by atoms with van der Waals surface area (Å²) in [6.45, 7) is 4.52. The summed E-state index contributed by atoms with van der Waals surface area (Å²) in [5.41, 5.74) is 1.09. The molecule has 5 nitrogen and oxygen atoms in total. The average Bonchev–Trinajstić information content (AvgIpc) is 2.52. The number of hydrogen-bond acceptors (Lipinski definition) is 3. The highest BCUT2D eigenvalue weighted by molar-refractivity contribution is 5.94. The van der Waals surface area contributed by atoms with Gasteiger partial charge in [0.05, 0.1) is 12.8 Å². The molecule has 5 heteroatoms. The summed E-state index contributed by atoms with van der Waals surface area (Å²) in [6, 6.07) is 10.6. The quantitative estimate of drug-likeness (QED) is 0.891. The Bertz CT molecular complexity index is 720. The summed E-state index contributed by atoms with van der Waals surface area (Å²) in [5, 5.41) is 2.74. The van der Waals surface area contributed by atoms with E-state index in [0.717, 1.165) is 5.56 Å². The van der Waals surface area contributed by atoms with E-state index in [4.69, 9.17) is 4.74 Å². The van der Waals surface area contributed by atoms with E-state index < -0.39 is 5.56 Å². The van der Waals surface area contributed by atoms with Crippen molar-refractivity contribution in [1.29, 1.82) is 0 Å². The van der Waals surface area contributed by atoms with Crippen LogP contribution >= 0.6 is 0 Å². The van der Waals surface area contributed by atoms with Crippen LogP contribution in [0.25, 0.3) is 11.3 Å². The molecule has 1 aromatic carbocycles. The van der Waals surface area contributed by atoms with Gasteiger partial charge in [0.2, 0.25) is 0 Å². The van der Waals surface area contributed by atoms with Crippen LogP contribution in [0.15, 0.2) is 41.2 Å². The molecule has 0 bridgehead atoms. The number of ether oxygens (including phenoxy) is 1. The molecule has 0 aliphatic rings. The van der Waals surface area contributed by atoms with Crippen LogP contribution in [0, 0.1) is 5.92 Å². The molecule has 0 radical (unpaired) electrons. The highest BCUT2D eigenvalue weighted by Gasteiger charge is 2.13. The maximum atomic E-state index is 12.1. The Morgan fingerprint density at radius 2 is 1.95 bits per heavy atom. The van der Waals surface area contributed by atoms with E-state index in [2.05, 4.69) is 10.3 Å². The number of hydrogen-bond donors (Lipinski definition) is 2. The van der Waals surface area contributed by atoms with Gasteiger partial charge >= 0.3 is 0 Å². The Balaban J connectivity index is 2.30. The molecule has 0 aliphatic heterocycles. The van der Waals surface area contributed by atoms with Crippen molar-refractivity contribution in [3.05, 3.63) is 52.3 Å². The predicted molar refractivity (Wildman–Crippen MR) is 86.2 cm³/mol. The van der Waals surface area contributed by atoms with Crippen LogP contribution < -0.4 is 15.6 Å². The van der Waals surface area contributed by atoms with Gasteiger partial charge in [-0.05, 0) is 30.2 Å². The molecule has 2 aromatic rings. The van der Waals surface area contributed by atoms with E-state index in [1.807, 2.05) is 38.1 Å². The van der Waals surface area contributed by atoms with E-state index in [-0.39, 0.29) is 11.5 Å². The third kappa shape index (κ3) is 3.55. The Morgan fingerprint density at radius 1 is 1.23 bits per heavy atom. The average molecular weight is 300 g/mol. The highest BCUT2D eigenvalue weighted by atomic mass is 16.5. The van der Waals surface area contributed by atoms with Gasteiger partial charge in [-0.3, -0.25) is 9.59 Å². The van der Waals surface area contributed by atoms with E-state index in [0.29, 0.717) is 23.9 Å². The second-order valence-corrected chi connectivity index (χ2v) is 5.42. The number of aromatic nitrogens is 1. The van der Waals surface area contributed by atoms with Crippen molar-refractivity contribution in [2.75, 3.05) is 13.7 Å². The molecule has 0 aliphatic carbocycles. The first-order chi connectivity index (χ1) is 10.5. The van der Waals surface area contributed by atoms with Crippen LogP contribution in [0.2, 0.25) is 0 Å². The molecule has 1 heterocycles. The molecular formula is C17H20N2O3. The lowest BCUT2D eigenvalue weighted by atomic mass is 10.1. The van der Waals surface area contributed by atoms with E-state index >= 15 is 0 Å². The minimum absolute atomic E-state index is 0.110. The van der Waals surface area contributed by atoms with Gasteiger partial charge in [-0.25, -0.2) is 0 Å². The van der Waals surface area contributed by atoms with Crippen molar-refractivity contribution in [2.45, 2.75) is 13.8 Å². The number of methoxy groups -OCH3 is 1. The van der Waals surface area contributed by atoms with Crippen LogP contribution in [0.4, 0.5) is 0 Å². The van der Waals surface area contributed by atoms with Crippen molar-refractivity contribution in [3.8, 4) is 17.0 Å². The van der Waals surface area contributed by atoms with Gasteiger partial charge in [-0.15, -0.1) is 0 Å². The molecule has 0 unspecified atom stereocenters. The lowest BCUT2D eigenvalue weighted by Crippen LogP contribution is -2.32. The van der Waals surface area contributed by atoms with E-state index in [1.54, 1.807) is 13.2 Å². The molecule has 1 aromatic heterocycles. The summed E-state index contributed by atoms with van der Waals surface area (Å²) in [7, 11) is 1.57. The Morgan fingerprint density at radius 3 is 2.59 bits per heavy atom. The maximum absolute atomic E-state index is 12.1. The second kappa shape index (κ2) is 6.93. The molecule has 0 atom stereocenters. The van der Waals surface area contributed by atoms with Crippen LogP contribution in [-0.4, -0.2) is 24.5 Å². The fraction of sp³-hybridized carbons (Fsp3) is 0.294. The van der Waals surface area contributed by atoms with Crippen molar-refractivity contribution >= 4 is 5.91 Å². The molecule has 2 rings (SSSR count). The number of nitrogens with one attached hydrogen (secondary N) is 2. The zero-order valence-corrected chi connectivity index (χ0v) is 13.0. The van der Waals surface area contributed by atoms with Crippen LogP contribution in [0.3, 0.4) is 0 Å². The zero-order valence-electron chi connectivity index (χ0n) is 13.0. The standard InChI is InChI=1S/C17H20N2O3/c1-11(2)10-18-16(20)13-8-9-14(19-17(13)21)12-6-4-5-7-15(12)22-3/h4-9,11H,10H2,1-3H3,(H,18,20)(H,19,21). The van der Waals surface area contributed by atoms with Crippen LogP contribution in [-0.2, 0) is 0 Å². The molecule has 22 heavy (non-hydrogen) atoms. The summed E-state index contributed by atoms with van der Waals surface area (Å²) in [5.74, 6) is 0.632. The fourth-order valence-electron chi connectivity index (χ4n) is 2.07. The Hall–Kier alpha value is -2.56. The van der Waals surface area contributed by atoms with E-state index in [9.17, 15) is 9.59 Å². The summed E-state index contributed by atoms with van der Waals surface area (Å²) < 4.78 is 5.28. The van der Waals surface area contributed by atoms with E-state index in [1.165, 1.54) is 6.07 Å². The minimum Gasteiger partial charge on any atom is -0.496 e. The van der Waals surface area contributed by atoms with Crippen molar-refractivity contribution in [2.24, 2.45) is 5.92 Å². The summed E-state index contributed by atoms with van der Waals surface area (Å²) in [6.07, 6.45) is 0. The largest absolute Gasteiger partial charge is 0.496 e. The summed E-state index contributed by atoms with van der Waals surface area (Å²) in [4.78, 5) is 26.9. The number of para-hydroxylation sites is 1. The number of pyridine rings is 1. The third-order valence-corrected chi connectivity index (χ3v) is 3.22. The number of H-pyrrole nitrogens is 1. The van der Waals surface area contributed by atoms with Crippen molar-refractivity contribution in [1.82, 2.24) is 10.3 Å². The first kappa shape index (κ1) is 15.8. The molecule has 116 valence electrons. The number of aromatic amines is 1. The lowest BCUT2D eigenvalue weighted by molar-refractivity contribution is 0.0947. The molecule has 0 saturated carbocycles. The topological polar surface area (TPSA) is 71.2 Å². The molecule has 0 fully saturated rings. The SMILES string of the molecule is COc1ccccc1-c1ccc(C(=O)NCC(C)C)c(=O)[nH]1.